The number of hydrogen-bond donors (Lipinski definition) is 1. The van der Waals surface area contributed by atoms with Gasteiger partial charge in [0.2, 0.25) is 5.91 Å². The highest BCUT2D eigenvalue weighted by Crippen LogP contribution is 2.29. The van der Waals surface area contributed by atoms with E-state index in [1.165, 1.54) is 4.88 Å². The Morgan fingerprint density at radius 2 is 2.39 bits per heavy atom. The number of hydrogen-bond acceptors (Lipinski definition) is 3. The summed E-state index contributed by atoms with van der Waals surface area (Å²) in [6, 6.07) is 4.12. The number of nitrogens with zero attached hydrogens (tertiary/aromatic N) is 1. The molecule has 2 heterocycles. The van der Waals surface area contributed by atoms with Crippen molar-refractivity contribution < 1.29 is 4.79 Å². The second-order valence-electron chi connectivity index (χ2n) is 5.01. The van der Waals surface area contributed by atoms with Crippen molar-refractivity contribution in [2.75, 3.05) is 19.6 Å². The number of amides is 1. The molecule has 1 fully saturated rings. The first-order chi connectivity index (χ1) is 8.55. The molecule has 2 rings (SSSR count). The van der Waals surface area contributed by atoms with Crippen LogP contribution in [0.25, 0.3) is 0 Å². The number of carbonyl (C=O) groups excluding carboxylic acids is 1. The maximum atomic E-state index is 12.6. The number of nitrogens with one attached hydrogen (secondary N) is 1. The van der Waals surface area contributed by atoms with Gasteiger partial charge in [0.15, 0.2) is 0 Å². The van der Waals surface area contributed by atoms with Crippen LogP contribution >= 0.6 is 27.3 Å². The lowest BCUT2D eigenvalue weighted by Crippen LogP contribution is -2.43. The fourth-order valence-corrected chi connectivity index (χ4v) is 3.83. The summed E-state index contributed by atoms with van der Waals surface area (Å²) >= 11 is 5.16. The SMILES string of the molecule is CCN(Cc1ccc(Br)s1)C(=O)C1(C)CCNC1. The number of carbonyl (C=O) groups is 1. The van der Waals surface area contributed by atoms with E-state index in [2.05, 4.69) is 34.2 Å². The van der Waals surface area contributed by atoms with E-state index in [4.69, 9.17) is 0 Å². The molecule has 18 heavy (non-hydrogen) atoms. The molecular formula is C13H19BrN2OS. The van der Waals surface area contributed by atoms with Crippen LogP contribution in [0.4, 0.5) is 0 Å². The first kappa shape index (κ1) is 14.0. The summed E-state index contributed by atoms with van der Waals surface area (Å²) in [5.74, 6) is 0.277. The van der Waals surface area contributed by atoms with Crippen molar-refractivity contribution in [3.63, 3.8) is 0 Å². The summed E-state index contributed by atoms with van der Waals surface area (Å²) < 4.78 is 1.12. The normalized spacial score (nSPS) is 23.3. The summed E-state index contributed by atoms with van der Waals surface area (Å²) in [5.41, 5.74) is -0.218. The third-order valence-corrected chi connectivity index (χ3v) is 5.14. The van der Waals surface area contributed by atoms with Crippen LogP contribution in [0.15, 0.2) is 15.9 Å². The molecule has 5 heteroatoms. The van der Waals surface area contributed by atoms with Crippen LogP contribution in [0.1, 0.15) is 25.1 Å². The molecule has 1 aliphatic rings. The predicted octanol–water partition coefficient (Wildman–Crippen LogP) is 2.86. The van der Waals surface area contributed by atoms with Crippen molar-refractivity contribution in [3.8, 4) is 0 Å². The number of rotatable bonds is 4. The lowest BCUT2D eigenvalue weighted by atomic mass is 9.88. The van der Waals surface area contributed by atoms with Gasteiger partial charge in [-0.2, -0.15) is 0 Å². The Bertz CT molecular complexity index is 426. The summed E-state index contributed by atoms with van der Waals surface area (Å²) in [7, 11) is 0. The zero-order valence-electron chi connectivity index (χ0n) is 10.8. The number of halogens is 1. The fraction of sp³-hybridized carbons (Fsp3) is 0.615. The minimum absolute atomic E-state index is 0.218. The molecular weight excluding hydrogens is 312 g/mol. The minimum atomic E-state index is -0.218. The minimum Gasteiger partial charge on any atom is -0.337 e. The molecule has 0 saturated carbocycles. The smallest absolute Gasteiger partial charge is 0.230 e. The summed E-state index contributed by atoms with van der Waals surface area (Å²) in [6.45, 7) is 7.36. The maximum absolute atomic E-state index is 12.6. The van der Waals surface area contributed by atoms with Crippen LogP contribution < -0.4 is 5.32 Å². The van der Waals surface area contributed by atoms with E-state index in [9.17, 15) is 4.79 Å². The highest BCUT2D eigenvalue weighted by Gasteiger charge is 2.38. The van der Waals surface area contributed by atoms with Gasteiger partial charge in [-0.3, -0.25) is 4.79 Å². The second-order valence-corrected chi connectivity index (χ2v) is 7.56. The maximum Gasteiger partial charge on any atom is 0.230 e. The van der Waals surface area contributed by atoms with E-state index in [0.29, 0.717) is 0 Å². The Morgan fingerprint density at radius 3 is 2.89 bits per heavy atom. The van der Waals surface area contributed by atoms with Crippen LogP contribution in [0, 0.1) is 5.41 Å². The van der Waals surface area contributed by atoms with Crippen LogP contribution in [0.3, 0.4) is 0 Å². The third-order valence-electron chi connectivity index (χ3n) is 3.53. The highest BCUT2D eigenvalue weighted by molar-refractivity contribution is 9.11. The van der Waals surface area contributed by atoms with E-state index >= 15 is 0 Å². The van der Waals surface area contributed by atoms with Crippen molar-refractivity contribution in [1.29, 1.82) is 0 Å². The van der Waals surface area contributed by atoms with Crippen LogP contribution in [0.2, 0.25) is 0 Å². The largest absolute Gasteiger partial charge is 0.337 e. The van der Waals surface area contributed by atoms with Gasteiger partial charge in [0.05, 0.1) is 15.7 Å². The summed E-state index contributed by atoms with van der Waals surface area (Å²) in [6.07, 6.45) is 0.941. The Balaban J connectivity index is 2.06. The molecule has 100 valence electrons. The Kier molecular flexibility index (Phi) is 4.45. The topological polar surface area (TPSA) is 32.3 Å². The van der Waals surface area contributed by atoms with Crippen LogP contribution in [0.5, 0.6) is 0 Å². The molecule has 1 unspecified atom stereocenters. The van der Waals surface area contributed by atoms with Crippen molar-refractivity contribution in [3.05, 3.63) is 20.8 Å². The predicted molar refractivity (Wildman–Crippen MR) is 78.7 cm³/mol. The van der Waals surface area contributed by atoms with Gasteiger partial charge in [-0.05, 0) is 54.9 Å². The molecule has 0 bridgehead atoms. The van der Waals surface area contributed by atoms with E-state index in [-0.39, 0.29) is 11.3 Å². The van der Waals surface area contributed by atoms with Crippen LogP contribution in [-0.2, 0) is 11.3 Å². The zero-order chi connectivity index (χ0) is 13.2. The monoisotopic (exact) mass is 330 g/mol. The Labute approximate surface area is 121 Å². The first-order valence-electron chi connectivity index (χ1n) is 6.29. The van der Waals surface area contributed by atoms with E-state index in [0.717, 1.165) is 36.4 Å². The average molecular weight is 331 g/mol. The van der Waals surface area contributed by atoms with E-state index in [1.807, 2.05) is 17.9 Å². The second kappa shape index (κ2) is 5.72. The third kappa shape index (κ3) is 2.95. The Morgan fingerprint density at radius 1 is 1.61 bits per heavy atom. The molecule has 0 spiro atoms. The van der Waals surface area contributed by atoms with Gasteiger partial charge in [-0.25, -0.2) is 0 Å². The molecule has 1 aromatic heterocycles. The molecule has 0 aromatic carbocycles. The van der Waals surface area contributed by atoms with Gasteiger partial charge in [0.1, 0.15) is 0 Å². The van der Waals surface area contributed by atoms with Crippen molar-refractivity contribution >= 4 is 33.2 Å². The average Bonchev–Trinajstić information content (AvgIpc) is 2.95. The van der Waals surface area contributed by atoms with Gasteiger partial charge < -0.3 is 10.2 Å². The van der Waals surface area contributed by atoms with Crippen molar-refractivity contribution in [2.45, 2.75) is 26.8 Å². The van der Waals surface area contributed by atoms with Gasteiger partial charge in [-0.1, -0.05) is 0 Å². The van der Waals surface area contributed by atoms with Crippen molar-refractivity contribution in [2.24, 2.45) is 5.41 Å². The van der Waals surface area contributed by atoms with Crippen LogP contribution in [-0.4, -0.2) is 30.4 Å². The summed E-state index contributed by atoms with van der Waals surface area (Å²) in [4.78, 5) is 15.8. The van der Waals surface area contributed by atoms with E-state index < -0.39 is 0 Å². The van der Waals surface area contributed by atoms with Gasteiger partial charge >= 0.3 is 0 Å². The lowest BCUT2D eigenvalue weighted by Gasteiger charge is -2.30. The molecule has 1 aromatic rings. The molecule has 1 amide bonds. The molecule has 1 aliphatic heterocycles. The Hall–Kier alpha value is -0.390. The molecule has 1 atom stereocenters. The van der Waals surface area contributed by atoms with Gasteiger partial charge in [0.25, 0.3) is 0 Å². The quantitative estimate of drug-likeness (QED) is 0.920. The fourth-order valence-electron chi connectivity index (χ4n) is 2.33. The highest BCUT2D eigenvalue weighted by atomic mass is 79.9. The first-order valence-corrected chi connectivity index (χ1v) is 7.90. The summed E-state index contributed by atoms with van der Waals surface area (Å²) in [5, 5.41) is 3.29. The molecule has 1 saturated heterocycles. The molecule has 0 radical (unpaired) electrons. The molecule has 1 N–H and O–H groups in total. The van der Waals surface area contributed by atoms with Crippen molar-refractivity contribution in [1.82, 2.24) is 10.2 Å². The van der Waals surface area contributed by atoms with E-state index in [1.54, 1.807) is 11.3 Å². The zero-order valence-corrected chi connectivity index (χ0v) is 13.2. The van der Waals surface area contributed by atoms with Gasteiger partial charge in [-0.15, -0.1) is 11.3 Å². The number of thiophene rings is 1. The standard InChI is InChI=1S/C13H19BrN2OS/c1-3-16(8-10-4-5-11(14)18-10)12(17)13(2)6-7-15-9-13/h4-5,15H,3,6-9H2,1-2H3. The molecule has 3 nitrogen and oxygen atoms in total. The van der Waals surface area contributed by atoms with Gasteiger partial charge in [0, 0.05) is 18.0 Å². The molecule has 0 aliphatic carbocycles. The lowest BCUT2D eigenvalue weighted by molar-refractivity contribution is -0.140.